The zero-order chi connectivity index (χ0) is 10.3. The molecule has 0 radical (unpaired) electrons. The van der Waals surface area contributed by atoms with E-state index in [1.54, 1.807) is 16.7 Å². The minimum absolute atomic E-state index is 0.0709. The number of carbonyl (C=O) groups excluding carboxylic acids is 2. The van der Waals surface area contributed by atoms with Crippen LogP contribution >= 0.6 is 11.8 Å². The summed E-state index contributed by atoms with van der Waals surface area (Å²) in [6.45, 7) is 0. The van der Waals surface area contributed by atoms with Crippen molar-refractivity contribution in [2.75, 3.05) is 12.9 Å². The summed E-state index contributed by atoms with van der Waals surface area (Å²) in [7, 11) is 1.33. The monoisotopic (exact) mass is 216 g/mol. The molecule has 78 valence electrons. The summed E-state index contributed by atoms with van der Waals surface area (Å²) in [5.41, 5.74) is 5.62. The zero-order valence-electron chi connectivity index (χ0n) is 7.80. The standard InChI is InChI=1S/C8H12N2O3S/c1-13-8(12)5-3-14-6-2-4(9)7(11)10(5)6/h4-6H,2-3,9H2,1H3/t4-,5+,6?/m1/s1. The van der Waals surface area contributed by atoms with E-state index in [2.05, 4.69) is 4.74 Å². The van der Waals surface area contributed by atoms with Crippen molar-refractivity contribution in [2.45, 2.75) is 23.9 Å². The molecule has 0 spiro atoms. The normalized spacial score (nSPS) is 36.0. The Morgan fingerprint density at radius 2 is 2.43 bits per heavy atom. The molecule has 0 saturated carbocycles. The van der Waals surface area contributed by atoms with Gasteiger partial charge in [-0.1, -0.05) is 0 Å². The molecule has 5 nitrogen and oxygen atoms in total. The van der Waals surface area contributed by atoms with Gasteiger partial charge in [0.15, 0.2) is 0 Å². The van der Waals surface area contributed by atoms with Gasteiger partial charge in [-0.25, -0.2) is 4.79 Å². The van der Waals surface area contributed by atoms with Crippen molar-refractivity contribution in [1.82, 2.24) is 4.90 Å². The summed E-state index contributed by atoms with van der Waals surface area (Å²) in [5, 5.41) is 0.0709. The van der Waals surface area contributed by atoms with E-state index >= 15 is 0 Å². The first-order valence-corrected chi connectivity index (χ1v) is 5.47. The Bertz CT molecular complexity index is 284. The molecule has 0 aromatic heterocycles. The molecule has 2 aliphatic heterocycles. The number of rotatable bonds is 1. The van der Waals surface area contributed by atoms with Crippen LogP contribution in [-0.2, 0) is 14.3 Å². The first kappa shape index (κ1) is 9.79. The molecular formula is C8H12N2O3S. The van der Waals surface area contributed by atoms with Crippen molar-refractivity contribution in [2.24, 2.45) is 5.73 Å². The molecule has 14 heavy (non-hydrogen) atoms. The maximum absolute atomic E-state index is 11.6. The van der Waals surface area contributed by atoms with E-state index in [0.29, 0.717) is 12.2 Å². The fraction of sp³-hybridized carbons (Fsp3) is 0.750. The van der Waals surface area contributed by atoms with Crippen molar-refractivity contribution in [3.63, 3.8) is 0 Å². The lowest BCUT2D eigenvalue weighted by atomic mass is 10.3. The highest BCUT2D eigenvalue weighted by atomic mass is 32.2. The molecule has 2 aliphatic rings. The maximum atomic E-state index is 11.6. The molecule has 1 unspecified atom stereocenters. The highest BCUT2D eigenvalue weighted by Gasteiger charge is 2.49. The van der Waals surface area contributed by atoms with Gasteiger partial charge in [-0.05, 0) is 0 Å². The molecule has 0 bridgehead atoms. The second-order valence-electron chi connectivity index (χ2n) is 3.41. The second-order valence-corrected chi connectivity index (χ2v) is 4.63. The molecule has 0 aromatic rings. The van der Waals surface area contributed by atoms with E-state index in [9.17, 15) is 9.59 Å². The average molecular weight is 216 g/mol. The summed E-state index contributed by atoms with van der Waals surface area (Å²) in [5.74, 6) is 0.147. The lowest BCUT2D eigenvalue weighted by Crippen LogP contribution is -2.45. The Balaban J connectivity index is 2.17. The molecule has 2 heterocycles. The van der Waals surface area contributed by atoms with Crippen LogP contribution in [0.5, 0.6) is 0 Å². The van der Waals surface area contributed by atoms with E-state index in [1.807, 2.05) is 0 Å². The van der Waals surface area contributed by atoms with Gasteiger partial charge in [0.1, 0.15) is 6.04 Å². The Morgan fingerprint density at radius 3 is 3.07 bits per heavy atom. The number of nitrogens with two attached hydrogens (primary N) is 1. The number of hydrogen-bond acceptors (Lipinski definition) is 5. The maximum Gasteiger partial charge on any atom is 0.329 e. The Hall–Kier alpha value is -0.750. The van der Waals surface area contributed by atoms with Gasteiger partial charge >= 0.3 is 5.97 Å². The first-order chi connectivity index (χ1) is 6.65. The van der Waals surface area contributed by atoms with Crippen LogP contribution in [0.1, 0.15) is 6.42 Å². The number of methoxy groups -OCH3 is 1. The third-order valence-corrected chi connectivity index (χ3v) is 3.91. The molecule has 2 fully saturated rings. The van der Waals surface area contributed by atoms with Crippen molar-refractivity contribution in [1.29, 1.82) is 0 Å². The van der Waals surface area contributed by atoms with Gasteiger partial charge in [-0.2, -0.15) is 0 Å². The molecule has 1 amide bonds. The first-order valence-electron chi connectivity index (χ1n) is 4.42. The Labute approximate surface area is 85.9 Å². The van der Waals surface area contributed by atoms with E-state index in [1.165, 1.54) is 7.11 Å². The number of amides is 1. The Kier molecular flexibility index (Phi) is 2.40. The summed E-state index contributed by atoms with van der Waals surface area (Å²) in [6.07, 6.45) is 0.636. The third-order valence-electron chi connectivity index (χ3n) is 2.59. The molecule has 2 saturated heterocycles. The second kappa shape index (κ2) is 3.43. The highest BCUT2D eigenvalue weighted by molar-refractivity contribution is 8.00. The Morgan fingerprint density at radius 1 is 1.71 bits per heavy atom. The number of hydrogen-bond donors (Lipinski definition) is 1. The fourth-order valence-corrected chi connectivity index (χ4v) is 3.32. The van der Waals surface area contributed by atoms with Gasteiger partial charge in [0.25, 0.3) is 0 Å². The van der Waals surface area contributed by atoms with E-state index in [0.717, 1.165) is 0 Å². The summed E-state index contributed by atoms with van der Waals surface area (Å²) < 4.78 is 4.64. The quantitative estimate of drug-likeness (QED) is 0.579. The van der Waals surface area contributed by atoms with Gasteiger partial charge in [0, 0.05) is 12.2 Å². The highest BCUT2D eigenvalue weighted by Crippen LogP contribution is 2.37. The summed E-state index contributed by atoms with van der Waals surface area (Å²) in [6, 6.07) is -0.879. The molecule has 3 atom stereocenters. The lowest BCUT2D eigenvalue weighted by Gasteiger charge is -2.20. The number of thioether (sulfide) groups is 1. The van der Waals surface area contributed by atoms with Gasteiger partial charge in [-0.15, -0.1) is 11.8 Å². The smallest absolute Gasteiger partial charge is 0.329 e. The molecule has 0 aliphatic carbocycles. The fourth-order valence-electron chi connectivity index (χ4n) is 1.87. The molecule has 2 rings (SSSR count). The number of fused-ring (bicyclic) bond motifs is 1. The van der Waals surface area contributed by atoms with Crippen LogP contribution in [0.15, 0.2) is 0 Å². The van der Waals surface area contributed by atoms with Gasteiger partial charge in [0.2, 0.25) is 5.91 Å². The summed E-state index contributed by atoms with van der Waals surface area (Å²) >= 11 is 1.60. The van der Waals surface area contributed by atoms with Crippen molar-refractivity contribution in [3.05, 3.63) is 0 Å². The van der Waals surface area contributed by atoms with Crippen molar-refractivity contribution in [3.8, 4) is 0 Å². The number of ether oxygens (including phenoxy) is 1. The number of esters is 1. The predicted octanol–water partition coefficient (Wildman–Crippen LogP) is -0.839. The lowest BCUT2D eigenvalue weighted by molar-refractivity contribution is -0.150. The van der Waals surface area contributed by atoms with Crippen molar-refractivity contribution < 1.29 is 14.3 Å². The topological polar surface area (TPSA) is 72.6 Å². The van der Waals surface area contributed by atoms with E-state index in [-0.39, 0.29) is 17.3 Å². The molecule has 0 aromatic carbocycles. The largest absolute Gasteiger partial charge is 0.467 e. The van der Waals surface area contributed by atoms with Crippen LogP contribution in [0.25, 0.3) is 0 Å². The molecule has 6 heteroatoms. The average Bonchev–Trinajstić information content (AvgIpc) is 2.68. The van der Waals surface area contributed by atoms with Crippen LogP contribution < -0.4 is 5.73 Å². The minimum atomic E-state index is -0.444. The zero-order valence-corrected chi connectivity index (χ0v) is 8.62. The van der Waals surface area contributed by atoms with E-state index in [4.69, 9.17) is 5.73 Å². The van der Waals surface area contributed by atoms with Gasteiger partial charge in [-0.3, -0.25) is 4.79 Å². The third kappa shape index (κ3) is 1.29. The van der Waals surface area contributed by atoms with Crippen LogP contribution in [0.2, 0.25) is 0 Å². The number of carbonyl (C=O) groups is 2. The van der Waals surface area contributed by atoms with Gasteiger partial charge in [0.05, 0.1) is 18.5 Å². The number of nitrogens with zero attached hydrogens (tertiary/aromatic N) is 1. The summed E-state index contributed by atoms with van der Waals surface area (Å²) in [4.78, 5) is 24.5. The van der Waals surface area contributed by atoms with Crippen LogP contribution in [0, 0.1) is 0 Å². The van der Waals surface area contributed by atoms with Crippen LogP contribution in [-0.4, -0.2) is 47.1 Å². The van der Waals surface area contributed by atoms with E-state index < -0.39 is 12.1 Å². The SMILES string of the molecule is COC(=O)[C@@H]1CSC2C[C@@H](N)C(=O)N21. The van der Waals surface area contributed by atoms with Gasteiger partial charge < -0.3 is 15.4 Å². The van der Waals surface area contributed by atoms with Crippen LogP contribution in [0.3, 0.4) is 0 Å². The van der Waals surface area contributed by atoms with Crippen molar-refractivity contribution >= 4 is 23.6 Å². The molecule has 2 N–H and O–H groups in total. The van der Waals surface area contributed by atoms with Crippen LogP contribution in [0.4, 0.5) is 0 Å². The minimum Gasteiger partial charge on any atom is -0.467 e. The predicted molar refractivity (Wildman–Crippen MR) is 51.5 cm³/mol. The molecular weight excluding hydrogens is 204 g/mol.